The lowest BCUT2D eigenvalue weighted by Gasteiger charge is -2.09. The molecular weight excluding hydrogens is 370 g/mol. The number of anilines is 1. The van der Waals surface area contributed by atoms with E-state index in [0.717, 1.165) is 10.7 Å². The molecule has 0 aliphatic carbocycles. The quantitative estimate of drug-likeness (QED) is 0.861. The molecule has 22 heavy (non-hydrogen) atoms. The Morgan fingerprint density at radius 1 is 1.14 bits per heavy atom. The van der Waals surface area contributed by atoms with E-state index in [1.165, 1.54) is 24.3 Å². The summed E-state index contributed by atoms with van der Waals surface area (Å²) in [5.41, 5.74) is 0.508. The average Bonchev–Trinajstić information content (AvgIpc) is 2.46. The van der Waals surface area contributed by atoms with E-state index in [4.69, 9.17) is 4.74 Å². The lowest BCUT2D eigenvalue weighted by atomic mass is 10.3. The summed E-state index contributed by atoms with van der Waals surface area (Å²) in [4.78, 5) is 12.0. The van der Waals surface area contributed by atoms with Crippen molar-refractivity contribution >= 4 is 37.4 Å². The van der Waals surface area contributed by atoms with Gasteiger partial charge >= 0.3 is 0 Å². The van der Waals surface area contributed by atoms with E-state index in [9.17, 15) is 13.2 Å². The van der Waals surface area contributed by atoms with Crippen molar-refractivity contribution in [1.82, 2.24) is 0 Å². The number of para-hydroxylation sites is 1. The molecule has 0 aromatic heterocycles. The van der Waals surface area contributed by atoms with Gasteiger partial charge in [-0.15, -0.1) is 0 Å². The van der Waals surface area contributed by atoms with E-state index in [0.29, 0.717) is 11.4 Å². The zero-order valence-electron chi connectivity index (χ0n) is 11.7. The van der Waals surface area contributed by atoms with Crippen molar-refractivity contribution in [2.75, 3.05) is 18.2 Å². The molecule has 0 fully saturated rings. The van der Waals surface area contributed by atoms with Gasteiger partial charge < -0.3 is 10.1 Å². The van der Waals surface area contributed by atoms with E-state index in [2.05, 4.69) is 21.2 Å². The molecule has 0 atom stereocenters. The van der Waals surface area contributed by atoms with Crippen LogP contribution in [0.4, 0.5) is 5.69 Å². The normalized spacial score (nSPS) is 11.0. The molecule has 1 amide bonds. The van der Waals surface area contributed by atoms with Gasteiger partial charge in [-0.3, -0.25) is 4.79 Å². The third kappa shape index (κ3) is 4.57. The topological polar surface area (TPSA) is 72.5 Å². The molecule has 2 aromatic carbocycles. The molecule has 0 heterocycles. The Bertz CT molecular complexity index is 772. The van der Waals surface area contributed by atoms with Crippen LogP contribution in [0, 0.1) is 0 Å². The fourth-order valence-corrected chi connectivity index (χ4v) is 2.72. The van der Waals surface area contributed by atoms with Gasteiger partial charge in [0, 0.05) is 11.9 Å². The van der Waals surface area contributed by atoms with Crippen molar-refractivity contribution in [1.29, 1.82) is 0 Å². The van der Waals surface area contributed by atoms with Crippen molar-refractivity contribution in [2.45, 2.75) is 4.90 Å². The second kappa shape index (κ2) is 6.93. The van der Waals surface area contributed by atoms with Gasteiger partial charge in [0.15, 0.2) is 16.4 Å². The third-order valence-electron chi connectivity index (χ3n) is 2.76. The largest absolute Gasteiger partial charge is 0.483 e. The molecule has 0 unspecified atom stereocenters. The summed E-state index contributed by atoms with van der Waals surface area (Å²) >= 11 is 3.33. The summed E-state index contributed by atoms with van der Waals surface area (Å²) < 4.78 is 28.8. The number of carbonyl (C=O) groups excluding carboxylic acids is 1. The minimum Gasteiger partial charge on any atom is -0.483 e. The zero-order valence-corrected chi connectivity index (χ0v) is 14.1. The molecular formula is C15H14BrNO4S. The van der Waals surface area contributed by atoms with E-state index >= 15 is 0 Å². The fourth-order valence-electron chi connectivity index (χ4n) is 1.69. The molecule has 0 spiro atoms. The predicted molar refractivity (Wildman–Crippen MR) is 87.8 cm³/mol. The Kier molecular flexibility index (Phi) is 5.20. The van der Waals surface area contributed by atoms with Gasteiger partial charge in [-0.2, -0.15) is 0 Å². The predicted octanol–water partition coefficient (Wildman–Crippen LogP) is 2.87. The van der Waals surface area contributed by atoms with Crippen LogP contribution in [0.25, 0.3) is 0 Å². The van der Waals surface area contributed by atoms with E-state index in [-0.39, 0.29) is 17.4 Å². The molecule has 5 nitrogen and oxygen atoms in total. The fraction of sp³-hybridized carbons (Fsp3) is 0.133. The van der Waals surface area contributed by atoms with Gasteiger partial charge in [-0.05, 0) is 52.3 Å². The van der Waals surface area contributed by atoms with E-state index in [1.54, 1.807) is 6.07 Å². The summed E-state index contributed by atoms with van der Waals surface area (Å²) in [6.07, 6.45) is 1.13. The molecule has 0 radical (unpaired) electrons. The van der Waals surface area contributed by atoms with Crippen LogP contribution in [0.1, 0.15) is 0 Å². The maximum Gasteiger partial charge on any atom is 0.262 e. The lowest BCUT2D eigenvalue weighted by Crippen LogP contribution is -2.20. The zero-order chi connectivity index (χ0) is 16.2. The Morgan fingerprint density at radius 3 is 2.36 bits per heavy atom. The molecule has 0 aliphatic rings. The maximum atomic E-state index is 11.8. The van der Waals surface area contributed by atoms with Crippen LogP contribution in [0.5, 0.6) is 5.75 Å². The Morgan fingerprint density at radius 2 is 1.77 bits per heavy atom. The highest BCUT2D eigenvalue weighted by Crippen LogP contribution is 2.23. The van der Waals surface area contributed by atoms with Crippen molar-refractivity contribution in [3.63, 3.8) is 0 Å². The van der Waals surface area contributed by atoms with Gasteiger partial charge in [0.2, 0.25) is 0 Å². The number of amides is 1. The number of hydrogen-bond donors (Lipinski definition) is 1. The second-order valence-electron chi connectivity index (χ2n) is 4.56. The lowest BCUT2D eigenvalue weighted by molar-refractivity contribution is -0.118. The SMILES string of the molecule is CS(=O)(=O)c1ccc(NC(=O)COc2ccccc2Br)cc1. The minimum absolute atomic E-state index is 0.142. The van der Waals surface area contributed by atoms with Gasteiger partial charge in [-0.25, -0.2) is 8.42 Å². The van der Waals surface area contributed by atoms with Crippen LogP contribution in [0.2, 0.25) is 0 Å². The highest BCUT2D eigenvalue weighted by molar-refractivity contribution is 9.10. The van der Waals surface area contributed by atoms with Crippen LogP contribution in [0.3, 0.4) is 0 Å². The van der Waals surface area contributed by atoms with Crippen LogP contribution in [-0.4, -0.2) is 27.2 Å². The highest BCUT2D eigenvalue weighted by Gasteiger charge is 2.08. The molecule has 7 heteroatoms. The van der Waals surface area contributed by atoms with E-state index < -0.39 is 9.84 Å². The molecule has 0 aliphatic heterocycles. The molecule has 0 saturated heterocycles. The molecule has 0 saturated carbocycles. The van der Waals surface area contributed by atoms with E-state index in [1.807, 2.05) is 18.2 Å². The van der Waals surface area contributed by atoms with Gasteiger partial charge in [0.25, 0.3) is 5.91 Å². The average molecular weight is 384 g/mol. The number of benzene rings is 2. The number of rotatable bonds is 5. The minimum atomic E-state index is -3.24. The second-order valence-corrected chi connectivity index (χ2v) is 7.43. The first-order valence-electron chi connectivity index (χ1n) is 6.33. The van der Waals surface area contributed by atoms with Crippen LogP contribution in [0.15, 0.2) is 57.9 Å². The molecule has 2 rings (SSSR count). The van der Waals surface area contributed by atoms with Crippen molar-refractivity contribution in [2.24, 2.45) is 0 Å². The number of ether oxygens (including phenoxy) is 1. The van der Waals surface area contributed by atoms with Gasteiger partial charge in [-0.1, -0.05) is 12.1 Å². The van der Waals surface area contributed by atoms with Crippen molar-refractivity contribution in [3.8, 4) is 5.75 Å². The first kappa shape index (κ1) is 16.5. The third-order valence-corrected chi connectivity index (χ3v) is 4.55. The summed E-state index contributed by atoms with van der Waals surface area (Å²) in [5.74, 6) is 0.243. The van der Waals surface area contributed by atoms with Crippen LogP contribution in [-0.2, 0) is 14.6 Å². The standard InChI is InChI=1S/C15H14BrNO4S/c1-22(19,20)12-8-6-11(7-9-12)17-15(18)10-21-14-5-3-2-4-13(14)16/h2-9H,10H2,1H3,(H,17,18). The Hall–Kier alpha value is -1.86. The van der Waals surface area contributed by atoms with Crippen LogP contribution < -0.4 is 10.1 Å². The first-order valence-corrected chi connectivity index (χ1v) is 9.02. The summed E-state index contributed by atoms with van der Waals surface area (Å²) in [7, 11) is -3.24. The summed E-state index contributed by atoms with van der Waals surface area (Å²) in [6, 6.07) is 13.2. The Balaban J connectivity index is 1.94. The van der Waals surface area contributed by atoms with Gasteiger partial charge in [0.05, 0.1) is 9.37 Å². The number of nitrogens with one attached hydrogen (secondary N) is 1. The number of carbonyl (C=O) groups is 1. The molecule has 2 aromatic rings. The Labute approximate surface area is 137 Å². The number of sulfone groups is 1. The maximum absolute atomic E-state index is 11.8. The highest BCUT2D eigenvalue weighted by atomic mass is 79.9. The summed E-state index contributed by atoms with van der Waals surface area (Å²) in [5, 5.41) is 2.64. The monoisotopic (exact) mass is 383 g/mol. The number of halogens is 1. The number of hydrogen-bond acceptors (Lipinski definition) is 4. The first-order chi connectivity index (χ1) is 10.4. The van der Waals surface area contributed by atoms with Crippen molar-refractivity contribution in [3.05, 3.63) is 53.0 Å². The molecule has 1 N–H and O–H groups in total. The van der Waals surface area contributed by atoms with Crippen molar-refractivity contribution < 1.29 is 17.9 Å². The molecule has 116 valence electrons. The van der Waals surface area contributed by atoms with Gasteiger partial charge in [0.1, 0.15) is 5.75 Å². The summed E-state index contributed by atoms with van der Waals surface area (Å²) in [6.45, 7) is -0.142. The smallest absolute Gasteiger partial charge is 0.262 e. The van der Waals surface area contributed by atoms with Crippen LogP contribution >= 0.6 is 15.9 Å². The molecule has 0 bridgehead atoms.